The Bertz CT molecular complexity index is 160. The first-order valence-electron chi connectivity index (χ1n) is 3.00. The summed E-state index contributed by atoms with van der Waals surface area (Å²) in [7, 11) is 0. The van der Waals surface area contributed by atoms with Crippen molar-refractivity contribution in [3.63, 3.8) is 0 Å². The summed E-state index contributed by atoms with van der Waals surface area (Å²) in [6.45, 7) is 2.06. The minimum atomic E-state index is 0.135. The minimum absolute atomic E-state index is 0.135. The van der Waals surface area contributed by atoms with E-state index < -0.39 is 0 Å². The van der Waals surface area contributed by atoms with Gasteiger partial charge in [-0.2, -0.15) is 4.37 Å². The summed E-state index contributed by atoms with van der Waals surface area (Å²) in [6, 6.07) is 2.11. The van der Waals surface area contributed by atoms with E-state index in [9.17, 15) is 0 Å². The quantitative estimate of drug-likeness (QED) is 0.680. The molecule has 1 heterocycles. The molecular weight excluding hydrogens is 132 g/mol. The number of hydrogen-bond donors (Lipinski definition) is 1. The molecule has 1 rings (SSSR count). The molecule has 0 aliphatic heterocycles. The topological polar surface area (TPSA) is 38.9 Å². The van der Waals surface area contributed by atoms with Crippen molar-refractivity contribution >= 4 is 11.5 Å². The number of hydrogen-bond acceptors (Lipinski definition) is 3. The summed E-state index contributed by atoms with van der Waals surface area (Å²) in [5.41, 5.74) is 6.70. The van der Waals surface area contributed by atoms with Crippen LogP contribution in [0.2, 0.25) is 0 Å². The Hall–Kier alpha value is -0.410. The van der Waals surface area contributed by atoms with E-state index in [0.717, 1.165) is 12.1 Å². The molecule has 0 radical (unpaired) electrons. The molecule has 0 saturated heterocycles. The Morgan fingerprint density at radius 3 is 3.11 bits per heavy atom. The average molecular weight is 142 g/mol. The summed E-state index contributed by atoms with van der Waals surface area (Å²) in [4.78, 5) is 0. The van der Waals surface area contributed by atoms with Crippen LogP contribution in [0.15, 0.2) is 11.4 Å². The van der Waals surface area contributed by atoms with Gasteiger partial charge in [0, 0.05) is 11.4 Å². The predicted octanol–water partition coefficient (Wildman–Crippen LogP) is 1.55. The SMILES string of the molecule is CCC(N)c1ccsn1. The summed E-state index contributed by atoms with van der Waals surface area (Å²) in [5, 5.41) is 1.95. The maximum Gasteiger partial charge on any atom is 0.0709 e. The molecule has 50 valence electrons. The van der Waals surface area contributed by atoms with Crippen molar-refractivity contribution in [3.05, 3.63) is 17.1 Å². The lowest BCUT2D eigenvalue weighted by Gasteiger charge is -2.01. The van der Waals surface area contributed by atoms with Crippen molar-refractivity contribution in [2.45, 2.75) is 19.4 Å². The van der Waals surface area contributed by atoms with Gasteiger partial charge in [-0.1, -0.05) is 6.92 Å². The van der Waals surface area contributed by atoms with Gasteiger partial charge < -0.3 is 5.73 Å². The molecular formula is C6H10N2S. The second-order valence-corrected chi connectivity index (χ2v) is 2.60. The molecule has 0 aliphatic carbocycles. The van der Waals surface area contributed by atoms with Crippen LogP contribution in [-0.2, 0) is 0 Å². The molecule has 1 atom stereocenters. The second kappa shape index (κ2) is 2.94. The van der Waals surface area contributed by atoms with Gasteiger partial charge in [-0.3, -0.25) is 0 Å². The van der Waals surface area contributed by atoms with Crippen LogP contribution in [0.5, 0.6) is 0 Å². The van der Waals surface area contributed by atoms with E-state index in [2.05, 4.69) is 11.3 Å². The molecule has 0 bridgehead atoms. The minimum Gasteiger partial charge on any atom is -0.323 e. The standard InChI is InChI=1S/C6H10N2S/c1-2-5(7)6-3-4-9-8-6/h3-5H,2,7H2,1H3. The fraction of sp³-hybridized carbons (Fsp3) is 0.500. The fourth-order valence-electron chi connectivity index (χ4n) is 0.622. The largest absolute Gasteiger partial charge is 0.323 e. The molecule has 1 unspecified atom stereocenters. The van der Waals surface area contributed by atoms with Gasteiger partial charge >= 0.3 is 0 Å². The highest BCUT2D eigenvalue weighted by molar-refractivity contribution is 7.03. The van der Waals surface area contributed by atoms with Crippen molar-refractivity contribution in [2.75, 3.05) is 0 Å². The maximum absolute atomic E-state index is 5.68. The lowest BCUT2D eigenvalue weighted by Crippen LogP contribution is -2.08. The van der Waals surface area contributed by atoms with Gasteiger partial charge in [-0.05, 0) is 24.0 Å². The van der Waals surface area contributed by atoms with E-state index in [1.165, 1.54) is 11.5 Å². The van der Waals surface area contributed by atoms with Crippen LogP contribution in [0.1, 0.15) is 25.1 Å². The zero-order chi connectivity index (χ0) is 6.69. The molecule has 0 spiro atoms. The molecule has 0 aliphatic rings. The Kier molecular flexibility index (Phi) is 2.19. The molecule has 0 saturated carbocycles. The van der Waals surface area contributed by atoms with Crippen LogP contribution < -0.4 is 5.73 Å². The molecule has 0 fully saturated rings. The van der Waals surface area contributed by atoms with Gasteiger partial charge in [-0.15, -0.1) is 0 Å². The first kappa shape index (κ1) is 6.71. The van der Waals surface area contributed by atoms with E-state index in [4.69, 9.17) is 5.73 Å². The monoisotopic (exact) mass is 142 g/mol. The van der Waals surface area contributed by atoms with E-state index in [0.29, 0.717) is 0 Å². The second-order valence-electron chi connectivity index (χ2n) is 1.94. The maximum atomic E-state index is 5.68. The molecule has 0 aromatic carbocycles. The van der Waals surface area contributed by atoms with E-state index in [1.807, 2.05) is 11.4 Å². The van der Waals surface area contributed by atoms with Gasteiger partial charge in [-0.25, -0.2) is 0 Å². The zero-order valence-electron chi connectivity index (χ0n) is 5.37. The number of nitrogens with two attached hydrogens (primary N) is 1. The third kappa shape index (κ3) is 1.50. The first-order valence-corrected chi connectivity index (χ1v) is 3.84. The Morgan fingerprint density at radius 2 is 2.67 bits per heavy atom. The van der Waals surface area contributed by atoms with Crippen molar-refractivity contribution in [3.8, 4) is 0 Å². The summed E-state index contributed by atoms with van der Waals surface area (Å²) in [6.07, 6.45) is 0.962. The Balaban J connectivity index is 2.65. The third-order valence-corrected chi connectivity index (χ3v) is 1.85. The lowest BCUT2D eigenvalue weighted by molar-refractivity contribution is 0.684. The molecule has 9 heavy (non-hydrogen) atoms. The summed E-state index contributed by atoms with van der Waals surface area (Å²) in [5.74, 6) is 0. The molecule has 2 N–H and O–H groups in total. The van der Waals surface area contributed by atoms with Gasteiger partial charge in [0.2, 0.25) is 0 Å². The highest BCUT2D eigenvalue weighted by Crippen LogP contribution is 2.11. The number of rotatable bonds is 2. The summed E-state index contributed by atoms with van der Waals surface area (Å²) >= 11 is 1.45. The molecule has 2 nitrogen and oxygen atoms in total. The van der Waals surface area contributed by atoms with Gasteiger partial charge in [0.05, 0.1) is 5.69 Å². The van der Waals surface area contributed by atoms with Crippen molar-refractivity contribution in [1.29, 1.82) is 0 Å². The zero-order valence-corrected chi connectivity index (χ0v) is 6.19. The molecule has 1 aromatic rings. The predicted molar refractivity (Wildman–Crippen MR) is 39.3 cm³/mol. The van der Waals surface area contributed by atoms with Crippen LogP contribution in [0.3, 0.4) is 0 Å². The van der Waals surface area contributed by atoms with E-state index in [-0.39, 0.29) is 6.04 Å². The normalized spacial score (nSPS) is 13.6. The van der Waals surface area contributed by atoms with E-state index >= 15 is 0 Å². The molecule has 3 heteroatoms. The molecule has 0 amide bonds. The number of aromatic nitrogens is 1. The Morgan fingerprint density at radius 1 is 1.89 bits per heavy atom. The fourth-order valence-corrected chi connectivity index (χ4v) is 1.20. The third-order valence-electron chi connectivity index (χ3n) is 1.28. The van der Waals surface area contributed by atoms with Crippen molar-refractivity contribution in [1.82, 2.24) is 4.37 Å². The van der Waals surface area contributed by atoms with Crippen LogP contribution in [0.4, 0.5) is 0 Å². The number of nitrogens with zero attached hydrogens (tertiary/aromatic N) is 1. The molecule has 1 aromatic heterocycles. The van der Waals surface area contributed by atoms with E-state index in [1.54, 1.807) is 0 Å². The van der Waals surface area contributed by atoms with Gasteiger partial charge in [0.25, 0.3) is 0 Å². The highest BCUT2D eigenvalue weighted by Gasteiger charge is 2.02. The van der Waals surface area contributed by atoms with Crippen molar-refractivity contribution < 1.29 is 0 Å². The van der Waals surface area contributed by atoms with Crippen LogP contribution in [0, 0.1) is 0 Å². The smallest absolute Gasteiger partial charge is 0.0709 e. The van der Waals surface area contributed by atoms with Crippen LogP contribution in [0.25, 0.3) is 0 Å². The first-order chi connectivity index (χ1) is 4.34. The highest BCUT2D eigenvalue weighted by atomic mass is 32.1. The average Bonchev–Trinajstić information content (AvgIpc) is 2.37. The van der Waals surface area contributed by atoms with Crippen LogP contribution >= 0.6 is 11.5 Å². The van der Waals surface area contributed by atoms with Gasteiger partial charge in [0.1, 0.15) is 0 Å². The summed E-state index contributed by atoms with van der Waals surface area (Å²) < 4.78 is 4.10. The van der Waals surface area contributed by atoms with Crippen LogP contribution in [-0.4, -0.2) is 4.37 Å². The van der Waals surface area contributed by atoms with Gasteiger partial charge in [0.15, 0.2) is 0 Å². The van der Waals surface area contributed by atoms with Crippen molar-refractivity contribution in [2.24, 2.45) is 5.73 Å². The Labute approximate surface area is 58.9 Å². The lowest BCUT2D eigenvalue weighted by atomic mass is 10.2.